The van der Waals surface area contributed by atoms with Crippen LogP contribution in [0.3, 0.4) is 0 Å². The van der Waals surface area contributed by atoms with Crippen molar-refractivity contribution in [2.75, 3.05) is 4.90 Å². The topological polar surface area (TPSA) is 60.0 Å². The molecule has 6 nitrogen and oxygen atoms in total. The molecule has 9 aromatic carbocycles. The van der Waals surface area contributed by atoms with Crippen molar-refractivity contribution in [2.24, 2.45) is 0 Å². The average molecular weight is 808 g/mol. The fourth-order valence-electron chi connectivity index (χ4n) is 8.94. The van der Waals surface area contributed by atoms with E-state index in [1.54, 1.807) is 0 Å². The molecule has 0 radical (unpaired) electrons. The first-order valence-corrected chi connectivity index (χ1v) is 21.1. The minimum absolute atomic E-state index is 0.576. The molecule has 0 aliphatic carbocycles. The molecule has 0 N–H and O–H groups in total. The van der Waals surface area contributed by atoms with E-state index < -0.39 is 0 Å². The van der Waals surface area contributed by atoms with Gasteiger partial charge in [0.05, 0.1) is 16.7 Å². The number of rotatable bonds is 8. The maximum Gasteiger partial charge on any atom is 0.164 e. The Balaban J connectivity index is 1.20. The summed E-state index contributed by atoms with van der Waals surface area (Å²) >= 11 is 0. The highest BCUT2D eigenvalue weighted by atomic mass is 16.3. The lowest BCUT2D eigenvalue weighted by Crippen LogP contribution is -2.11. The van der Waals surface area contributed by atoms with E-state index in [2.05, 4.69) is 179 Å². The van der Waals surface area contributed by atoms with Crippen molar-refractivity contribution in [3.63, 3.8) is 0 Å². The Hall–Kier alpha value is -8.61. The molecule has 0 bridgehead atoms. The zero-order valence-corrected chi connectivity index (χ0v) is 34.0. The van der Waals surface area contributed by atoms with Gasteiger partial charge in [0.2, 0.25) is 0 Å². The number of aromatic nitrogens is 4. The van der Waals surface area contributed by atoms with Crippen molar-refractivity contribution in [2.45, 2.75) is 0 Å². The maximum atomic E-state index is 6.79. The molecule has 296 valence electrons. The van der Waals surface area contributed by atoms with Crippen LogP contribution in [0.2, 0.25) is 0 Å². The first-order chi connectivity index (χ1) is 31.2. The van der Waals surface area contributed by atoms with Crippen molar-refractivity contribution in [3.8, 4) is 51.0 Å². The monoisotopic (exact) mass is 807 g/mol. The lowest BCUT2D eigenvalue weighted by molar-refractivity contribution is 0.669. The van der Waals surface area contributed by atoms with Crippen LogP contribution in [0.1, 0.15) is 0 Å². The molecular formula is C57H37N5O. The van der Waals surface area contributed by atoms with Crippen molar-refractivity contribution in [1.82, 2.24) is 19.5 Å². The van der Waals surface area contributed by atoms with Crippen LogP contribution in [0, 0.1) is 0 Å². The van der Waals surface area contributed by atoms with E-state index in [-0.39, 0.29) is 0 Å². The Kier molecular flexibility index (Phi) is 8.71. The zero-order chi connectivity index (χ0) is 41.7. The van der Waals surface area contributed by atoms with Crippen LogP contribution in [0.5, 0.6) is 0 Å². The first-order valence-electron chi connectivity index (χ1n) is 21.1. The number of hydrogen-bond donors (Lipinski definition) is 0. The highest BCUT2D eigenvalue weighted by molar-refractivity contribution is 6.17. The number of fused-ring (bicyclic) bond motifs is 6. The summed E-state index contributed by atoms with van der Waals surface area (Å²) in [4.78, 5) is 18.1. The Labute approximate surface area is 363 Å². The lowest BCUT2D eigenvalue weighted by atomic mass is 10.0. The third-order valence-corrected chi connectivity index (χ3v) is 11.8. The van der Waals surface area contributed by atoms with Gasteiger partial charge in [-0.25, -0.2) is 15.0 Å². The van der Waals surface area contributed by atoms with E-state index >= 15 is 0 Å². The van der Waals surface area contributed by atoms with Crippen LogP contribution >= 0.6 is 0 Å². The van der Waals surface area contributed by atoms with E-state index in [0.29, 0.717) is 17.5 Å². The van der Waals surface area contributed by atoms with Crippen molar-refractivity contribution >= 4 is 60.8 Å². The molecule has 63 heavy (non-hydrogen) atoms. The summed E-state index contributed by atoms with van der Waals surface area (Å²) in [6.07, 6.45) is 0. The molecule has 0 amide bonds. The molecule has 0 saturated carbocycles. The molecule has 3 heterocycles. The standard InChI is InChI=1S/C57H37N5O/c1-5-18-38(19-6-1)39-32-34-43(35-33-39)61(50-30-17-28-46-45-26-14-16-31-52(45)63-54(46)50)44-36-48(53-47-27-13-15-29-49(47)62(51(53)37-44)42-24-11-4-12-25-42)57-59-55(40-20-7-2-8-21-40)58-56(60-57)41-22-9-3-10-23-41/h1-37H. The third-order valence-electron chi connectivity index (χ3n) is 11.8. The van der Waals surface area contributed by atoms with Gasteiger partial charge in [0, 0.05) is 55.3 Å². The summed E-state index contributed by atoms with van der Waals surface area (Å²) in [7, 11) is 0. The summed E-state index contributed by atoms with van der Waals surface area (Å²) in [5, 5.41) is 4.26. The molecule has 0 aliphatic rings. The molecular weight excluding hydrogens is 771 g/mol. The maximum absolute atomic E-state index is 6.79. The van der Waals surface area contributed by atoms with E-state index in [1.165, 1.54) is 0 Å². The second-order valence-corrected chi connectivity index (χ2v) is 15.6. The van der Waals surface area contributed by atoms with Gasteiger partial charge in [-0.2, -0.15) is 0 Å². The van der Waals surface area contributed by atoms with Gasteiger partial charge >= 0.3 is 0 Å². The summed E-state index contributed by atoms with van der Waals surface area (Å²) < 4.78 is 9.15. The number of para-hydroxylation sites is 4. The molecule has 6 heteroatoms. The summed E-state index contributed by atoms with van der Waals surface area (Å²) in [6, 6.07) is 78.0. The first kappa shape index (κ1) is 36.3. The van der Waals surface area contributed by atoms with Crippen LogP contribution in [-0.2, 0) is 0 Å². The molecule has 12 aromatic rings. The number of anilines is 3. The highest BCUT2D eigenvalue weighted by Gasteiger charge is 2.25. The normalized spacial score (nSPS) is 11.5. The van der Waals surface area contributed by atoms with Crippen LogP contribution in [0.4, 0.5) is 17.1 Å². The predicted molar refractivity (Wildman–Crippen MR) is 258 cm³/mol. The molecule has 12 rings (SSSR count). The van der Waals surface area contributed by atoms with Gasteiger partial charge in [-0.3, -0.25) is 0 Å². The van der Waals surface area contributed by atoms with Gasteiger partial charge in [0.15, 0.2) is 23.1 Å². The minimum atomic E-state index is 0.576. The molecule has 0 spiro atoms. The predicted octanol–water partition coefficient (Wildman–Crippen LogP) is 15.0. The zero-order valence-electron chi connectivity index (χ0n) is 34.0. The van der Waals surface area contributed by atoms with Crippen LogP contribution in [0.15, 0.2) is 229 Å². The molecule has 3 aromatic heterocycles. The van der Waals surface area contributed by atoms with Crippen molar-refractivity contribution in [1.29, 1.82) is 0 Å². The molecule has 0 saturated heterocycles. The Bertz CT molecular complexity index is 3540. The SMILES string of the molecule is c1ccc(-c2ccc(N(c3cc(-c4nc(-c5ccccc5)nc(-c5ccccc5)n4)c4c5ccccc5n(-c5ccccc5)c4c3)c3cccc4c3oc3ccccc34)cc2)cc1. The number of nitrogens with zero attached hydrogens (tertiary/aromatic N) is 5. The van der Waals surface area contributed by atoms with Gasteiger partial charge in [-0.05, 0) is 65.7 Å². The van der Waals surface area contributed by atoms with Gasteiger partial charge in [0.1, 0.15) is 5.58 Å². The molecule has 0 fully saturated rings. The van der Waals surface area contributed by atoms with Crippen molar-refractivity contribution in [3.05, 3.63) is 224 Å². The van der Waals surface area contributed by atoms with Gasteiger partial charge in [-0.1, -0.05) is 170 Å². The lowest BCUT2D eigenvalue weighted by Gasteiger charge is -2.27. The quantitative estimate of drug-likeness (QED) is 0.153. The number of furan rings is 1. The average Bonchev–Trinajstić information content (AvgIpc) is 3.91. The molecule has 0 atom stereocenters. The van der Waals surface area contributed by atoms with Crippen LogP contribution < -0.4 is 4.90 Å². The van der Waals surface area contributed by atoms with Crippen LogP contribution in [-0.4, -0.2) is 19.5 Å². The second-order valence-electron chi connectivity index (χ2n) is 15.6. The second kappa shape index (κ2) is 15.1. The largest absolute Gasteiger partial charge is 0.454 e. The van der Waals surface area contributed by atoms with E-state index in [4.69, 9.17) is 19.4 Å². The summed E-state index contributed by atoms with van der Waals surface area (Å²) in [5.74, 6) is 1.78. The smallest absolute Gasteiger partial charge is 0.164 e. The summed E-state index contributed by atoms with van der Waals surface area (Å²) in [5.41, 5.74) is 12.6. The van der Waals surface area contributed by atoms with E-state index in [1.807, 2.05) is 54.6 Å². The highest BCUT2D eigenvalue weighted by Crippen LogP contribution is 2.47. The summed E-state index contributed by atoms with van der Waals surface area (Å²) in [6.45, 7) is 0. The van der Waals surface area contributed by atoms with E-state index in [0.717, 1.165) is 94.3 Å². The Morgan fingerprint density at radius 1 is 0.381 bits per heavy atom. The third kappa shape index (κ3) is 6.32. The van der Waals surface area contributed by atoms with Crippen LogP contribution in [0.25, 0.3) is 94.7 Å². The molecule has 0 aliphatic heterocycles. The fraction of sp³-hybridized carbons (Fsp3) is 0. The van der Waals surface area contributed by atoms with E-state index in [9.17, 15) is 0 Å². The van der Waals surface area contributed by atoms with Crippen molar-refractivity contribution < 1.29 is 4.42 Å². The minimum Gasteiger partial charge on any atom is -0.454 e. The van der Waals surface area contributed by atoms with Gasteiger partial charge in [0.25, 0.3) is 0 Å². The Morgan fingerprint density at radius 2 is 0.921 bits per heavy atom. The number of hydrogen-bond acceptors (Lipinski definition) is 5. The van der Waals surface area contributed by atoms with Gasteiger partial charge < -0.3 is 13.9 Å². The molecule has 0 unspecified atom stereocenters. The fourth-order valence-corrected chi connectivity index (χ4v) is 8.94. The number of benzene rings is 9. The Morgan fingerprint density at radius 3 is 1.60 bits per heavy atom. The van der Waals surface area contributed by atoms with Gasteiger partial charge in [-0.15, -0.1) is 0 Å².